The van der Waals surface area contributed by atoms with Crippen LogP contribution in [0.5, 0.6) is 5.75 Å². The summed E-state index contributed by atoms with van der Waals surface area (Å²) in [6.45, 7) is 3.07. The second-order valence-corrected chi connectivity index (χ2v) is 19.2. The molecule has 86 heavy (non-hydrogen) atoms. The predicted molar refractivity (Wildman–Crippen MR) is 321 cm³/mol. The molecule has 7 rings (SSSR count). The van der Waals surface area contributed by atoms with Gasteiger partial charge in [-0.25, -0.2) is 24.1 Å². The first kappa shape index (κ1) is 64.0. The first-order valence-electron chi connectivity index (χ1n) is 26.9. The number of anilines is 6. The van der Waals surface area contributed by atoms with Gasteiger partial charge in [0.05, 0.1) is 24.4 Å². The number of hydrogen-bond acceptors (Lipinski definition) is 12. The molecule has 1 unspecified atom stereocenters. The van der Waals surface area contributed by atoms with E-state index in [2.05, 4.69) is 31.9 Å². The minimum atomic E-state index is -1.55. The van der Waals surface area contributed by atoms with E-state index in [9.17, 15) is 58.2 Å². The number of imide groups is 1. The summed E-state index contributed by atoms with van der Waals surface area (Å²) in [5, 5.41) is 44.0. The number of carbonyl (C=O) groups is 10. The molecule has 444 valence electrons. The standard InChI is InChI=1S/C34H33N3O7.C30H30N4O8/c1-23-7-5-6-10-29(23)37-34(42)36-27-14-11-24(12-15-27)19-31(38)35-28-16-17-30(43-22-32(39)40)26(20-28)13-18-33(41)44-21-25-8-3-2-4-9-25;1-19-7-5-6-10-24(19)33-29(40)32-22-11-13-23(14-12-22)34(30(41)42)26(36)15-16-31-28(39)21(18-27(37)38)17-25(35)20-8-3-2-4-9-20/h2-12,14-17,20H,13,18-19,21-22H2,1H3,(H,35,38)(H,39,40)(H2,36,37,42);2-14,21H,15-18H2,1H3,(H,31,39)(H,37,38)(H,41,42)(H2,32,33,40). The van der Waals surface area contributed by atoms with Crippen molar-refractivity contribution in [2.24, 2.45) is 5.92 Å². The van der Waals surface area contributed by atoms with Gasteiger partial charge in [0.25, 0.3) is 0 Å². The number of hydrogen-bond donors (Lipinski definition) is 9. The lowest BCUT2D eigenvalue weighted by molar-refractivity contribution is -0.145. The molecule has 0 radical (unpaired) electrons. The molecule has 9 N–H and O–H groups in total. The third-order valence-corrected chi connectivity index (χ3v) is 12.7. The molecule has 22 nitrogen and oxygen atoms in total. The third-order valence-electron chi connectivity index (χ3n) is 12.7. The number of nitrogens with zero attached hydrogens (tertiary/aromatic N) is 1. The summed E-state index contributed by atoms with van der Waals surface area (Å²) < 4.78 is 10.7. The van der Waals surface area contributed by atoms with E-state index in [4.69, 9.17) is 14.6 Å². The van der Waals surface area contributed by atoms with Crippen LogP contribution in [0.2, 0.25) is 0 Å². The van der Waals surface area contributed by atoms with Crippen LogP contribution in [-0.4, -0.2) is 88.0 Å². The molecule has 0 saturated heterocycles. The topological polar surface area (TPSA) is 325 Å². The van der Waals surface area contributed by atoms with E-state index >= 15 is 0 Å². The van der Waals surface area contributed by atoms with Gasteiger partial charge in [0.15, 0.2) is 12.4 Å². The Kier molecular flexibility index (Phi) is 24.2. The second-order valence-electron chi connectivity index (χ2n) is 19.2. The number of para-hydroxylation sites is 2. The number of ether oxygens (including phenoxy) is 2. The molecule has 0 aliphatic rings. The highest BCUT2D eigenvalue weighted by atomic mass is 16.5. The summed E-state index contributed by atoms with van der Waals surface area (Å²) in [6, 6.07) is 48.5. The number of carboxylic acid groups (broad SMARTS) is 3. The Morgan fingerprint density at radius 2 is 1.08 bits per heavy atom. The Bertz CT molecular complexity index is 3530. The van der Waals surface area contributed by atoms with Gasteiger partial charge >= 0.3 is 36.1 Å². The van der Waals surface area contributed by atoms with Crippen molar-refractivity contribution in [1.29, 1.82) is 0 Å². The number of aryl methyl sites for hydroxylation is 3. The Labute approximate surface area is 494 Å². The first-order valence-corrected chi connectivity index (χ1v) is 26.9. The molecule has 0 fully saturated rings. The zero-order chi connectivity index (χ0) is 62.0. The molecule has 22 heteroatoms. The fourth-order valence-electron chi connectivity index (χ4n) is 8.31. The number of ketones is 1. The van der Waals surface area contributed by atoms with Gasteiger partial charge in [0.2, 0.25) is 17.7 Å². The van der Waals surface area contributed by atoms with E-state index < -0.39 is 73.0 Å². The number of nitrogens with one attached hydrogen (secondary N) is 6. The molecule has 8 amide bonds. The maximum Gasteiger partial charge on any atom is 0.418 e. The SMILES string of the molecule is Cc1ccccc1NC(=O)Nc1ccc(CC(=O)Nc2ccc(OCC(=O)O)c(CCC(=O)OCc3ccccc3)c2)cc1.Cc1ccccc1NC(=O)Nc1ccc(N(C(=O)O)C(=O)CCNC(=O)C(CC(=O)O)CC(=O)c2ccccc2)cc1. The third kappa shape index (κ3) is 21.3. The smallest absolute Gasteiger partial charge is 0.418 e. The van der Waals surface area contributed by atoms with E-state index in [1.165, 1.54) is 24.3 Å². The fraction of sp³-hybridized carbons (Fsp3) is 0.188. The van der Waals surface area contributed by atoms with Gasteiger partial charge < -0.3 is 56.7 Å². The predicted octanol–water partition coefficient (Wildman–Crippen LogP) is 10.5. The van der Waals surface area contributed by atoms with E-state index in [0.717, 1.165) is 22.3 Å². The Hall–Kier alpha value is -11.2. The first-order chi connectivity index (χ1) is 41.3. The van der Waals surface area contributed by atoms with Crippen molar-refractivity contribution in [3.8, 4) is 5.75 Å². The highest BCUT2D eigenvalue weighted by molar-refractivity contribution is 6.12. The Morgan fingerprint density at radius 1 is 0.535 bits per heavy atom. The normalized spacial score (nSPS) is 10.7. The Morgan fingerprint density at radius 3 is 1.64 bits per heavy atom. The average Bonchev–Trinajstić information content (AvgIpc) is 3.67. The van der Waals surface area contributed by atoms with Crippen LogP contribution in [0.15, 0.2) is 176 Å². The summed E-state index contributed by atoms with van der Waals surface area (Å²) in [6.07, 6.45) is -2.57. The molecular weight excluding hydrogens is 1110 g/mol. The summed E-state index contributed by atoms with van der Waals surface area (Å²) in [5.74, 6) is -5.98. The maximum atomic E-state index is 12.8. The Balaban J connectivity index is 0.000000275. The summed E-state index contributed by atoms with van der Waals surface area (Å²) >= 11 is 0. The summed E-state index contributed by atoms with van der Waals surface area (Å²) in [4.78, 5) is 122. The van der Waals surface area contributed by atoms with Crippen molar-refractivity contribution in [1.82, 2.24) is 5.32 Å². The van der Waals surface area contributed by atoms with Gasteiger partial charge in [0.1, 0.15) is 12.4 Å². The van der Waals surface area contributed by atoms with Crippen LogP contribution in [-0.2, 0) is 53.0 Å². The van der Waals surface area contributed by atoms with Gasteiger partial charge in [-0.15, -0.1) is 0 Å². The fourth-order valence-corrected chi connectivity index (χ4v) is 8.31. The zero-order valence-corrected chi connectivity index (χ0v) is 46.9. The molecular formula is C64H63N7O15. The highest BCUT2D eigenvalue weighted by Gasteiger charge is 2.27. The van der Waals surface area contributed by atoms with Crippen LogP contribution in [0.25, 0.3) is 0 Å². The lowest BCUT2D eigenvalue weighted by Crippen LogP contribution is -2.39. The summed E-state index contributed by atoms with van der Waals surface area (Å²) in [7, 11) is 0. The number of aliphatic carboxylic acids is 2. The van der Waals surface area contributed by atoms with E-state index in [-0.39, 0.29) is 56.5 Å². The van der Waals surface area contributed by atoms with Gasteiger partial charge in [-0.05, 0) is 115 Å². The number of carbonyl (C=O) groups excluding carboxylic acids is 7. The molecule has 0 aliphatic heterocycles. The minimum Gasteiger partial charge on any atom is -0.482 e. The molecule has 0 spiro atoms. The van der Waals surface area contributed by atoms with Crippen LogP contribution in [0, 0.1) is 19.8 Å². The number of rotatable bonds is 25. The summed E-state index contributed by atoms with van der Waals surface area (Å²) in [5.41, 5.74) is 7.05. The van der Waals surface area contributed by atoms with Gasteiger partial charge in [-0.2, -0.15) is 0 Å². The molecule has 0 aliphatic carbocycles. The molecule has 0 heterocycles. The van der Waals surface area contributed by atoms with Crippen LogP contribution in [0.3, 0.4) is 0 Å². The number of benzene rings is 7. The van der Waals surface area contributed by atoms with Gasteiger partial charge in [-0.1, -0.05) is 109 Å². The number of Topliss-reactive ketones (excluding diaryl/α,β-unsaturated/α-hetero) is 1. The van der Waals surface area contributed by atoms with Gasteiger partial charge in [0, 0.05) is 59.8 Å². The van der Waals surface area contributed by atoms with Crippen molar-refractivity contribution in [2.75, 3.05) is 44.6 Å². The van der Waals surface area contributed by atoms with E-state index in [1.54, 1.807) is 84.9 Å². The van der Waals surface area contributed by atoms with E-state index in [1.807, 2.05) is 80.6 Å². The number of esters is 1. The van der Waals surface area contributed by atoms with Crippen LogP contribution < -0.4 is 41.5 Å². The van der Waals surface area contributed by atoms with Crippen molar-refractivity contribution in [2.45, 2.75) is 59.0 Å². The second kappa shape index (κ2) is 32.5. The molecule has 0 saturated carbocycles. The van der Waals surface area contributed by atoms with Crippen molar-refractivity contribution in [3.63, 3.8) is 0 Å². The molecule has 0 bridgehead atoms. The highest BCUT2D eigenvalue weighted by Crippen LogP contribution is 2.26. The van der Waals surface area contributed by atoms with Crippen molar-refractivity contribution < 1.29 is 72.7 Å². The zero-order valence-electron chi connectivity index (χ0n) is 46.9. The molecule has 7 aromatic rings. The average molecular weight is 1170 g/mol. The molecule has 1 atom stereocenters. The minimum absolute atomic E-state index is 0.0147. The monoisotopic (exact) mass is 1170 g/mol. The number of urea groups is 2. The maximum absolute atomic E-state index is 12.8. The number of amides is 8. The number of carboxylic acids is 2. The lowest BCUT2D eigenvalue weighted by atomic mass is 9.94. The van der Waals surface area contributed by atoms with Crippen molar-refractivity contribution >= 4 is 93.7 Å². The van der Waals surface area contributed by atoms with Crippen LogP contribution >= 0.6 is 0 Å². The van der Waals surface area contributed by atoms with Crippen LogP contribution in [0.1, 0.15) is 63.9 Å². The van der Waals surface area contributed by atoms with E-state index in [0.29, 0.717) is 50.2 Å². The molecule has 7 aromatic carbocycles. The molecule has 0 aromatic heterocycles. The van der Waals surface area contributed by atoms with Gasteiger partial charge in [-0.3, -0.25) is 28.8 Å². The largest absolute Gasteiger partial charge is 0.482 e. The quantitative estimate of drug-likeness (QED) is 0.0190. The van der Waals surface area contributed by atoms with Crippen molar-refractivity contribution in [3.05, 3.63) is 209 Å². The lowest BCUT2D eigenvalue weighted by Gasteiger charge is -2.19. The van der Waals surface area contributed by atoms with Crippen LogP contribution in [0.4, 0.5) is 48.5 Å².